The number of rotatable bonds is 1. The van der Waals surface area contributed by atoms with E-state index in [1.165, 1.54) is 0 Å². The molecule has 0 amide bonds. The summed E-state index contributed by atoms with van der Waals surface area (Å²) in [5, 5.41) is 6.33. The summed E-state index contributed by atoms with van der Waals surface area (Å²) in [6, 6.07) is 1.93. The summed E-state index contributed by atoms with van der Waals surface area (Å²) in [5.74, 6) is 0.713. The first-order valence-electron chi connectivity index (χ1n) is 3.86. The Morgan fingerprint density at radius 3 is 2.64 bits per heavy atom. The van der Waals surface area contributed by atoms with Gasteiger partial charge in [-0.05, 0) is 57.1 Å². The number of nitrogens with one attached hydrogen (secondary N) is 2. The second-order valence-corrected chi connectivity index (χ2v) is 4.71. The zero-order valence-electron chi connectivity index (χ0n) is 7.69. The van der Waals surface area contributed by atoms with Gasteiger partial charge in [-0.3, -0.25) is 0 Å². The van der Waals surface area contributed by atoms with Crippen LogP contribution in [0.1, 0.15) is 5.69 Å². The maximum absolute atomic E-state index is 4.98. The Bertz CT molecular complexity index is 368. The Labute approximate surface area is 105 Å². The molecule has 1 heterocycles. The van der Waals surface area contributed by atoms with Gasteiger partial charge in [-0.15, -0.1) is 0 Å². The standard InChI is InChI=1S/C8H9Br2N3S/c1-4-5(9)3-6(10)7(12-4)13-8(14)11-2/h3H,1-2H3,(H2,11,12,13,14). The highest BCUT2D eigenvalue weighted by molar-refractivity contribution is 9.11. The van der Waals surface area contributed by atoms with Crippen molar-refractivity contribution in [3.8, 4) is 0 Å². The van der Waals surface area contributed by atoms with Crippen LogP contribution in [0.25, 0.3) is 0 Å². The molecule has 3 nitrogen and oxygen atoms in total. The molecule has 14 heavy (non-hydrogen) atoms. The molecule has 0 atom stereocenters. The molecule has 0 unspecified atom stereocenters. The normalized spacial score (nSPS) is 9.71. The van der Waals surface area contributed by atoms with Crippen molar-refractivity contribution in [1.82, 2.24) is 10.3 Å². The molecule has 0 aliphatic rings. The van der Waals surface area contributed by atoms with Crippen molar-refractivity contribution in [2.75, 3.05) is 12.4 Å². The third-order valence-corrected chi connectivity index (χ3v) is 3.28. The smallest absolute Gasteiger partial charge is 0.171 e. The van der Waals surface area contributed by atoms with E-state index < -0.39 is 0 Å². The van der Waals surface area contributed by atoms with Crippen LogP contribution in [0.3, 0.4) is 0 Å². The second kappa shape index (κ2) is 5.04. The lowest BCUT2D eigenvalue weighted by atomic mass is 10.4. The molecule has 1 aromatic rings. The number of hydrogen-bond donors (Lipinski definition) is 2. The summed E-state index contributed by atoms with van der Waals surface area (Å²) in [6.45, 7) is 1.92. The van der Waals surface area contributed by atoms with E-state index in [2.05, 4.69) is 47.5 Å². The van der Waals surface area contributed by atoms with E-state index in [1.54, 1.807) is 7.05 Å². The topological polar surface area (TPSA) is 37.0 Å². The fourth-order valence-electron chi connectivity index (χ4n) is 0.816. The van der Waals surface area contributed by atoms with Gasteiger partial charge in [0.25, 0.3) is 0 Å². The van der Waals surface area contributed by atoms with Crippen molar-refractivity contribution >= 4 is 55.0 Å². The minimum Gasteiger partial charge on any atom is -0.365 e. The van der Waals surface area contributed by atoms with Crippen LogP contribution < -0.4 is 10.6 Å². The van der Waals surface area contributed by atoms with Crippen LogP contribution in [0.4, 0.5) is 5.82 Å². The molecule has 0 aliphatic heterocycles. The molecule has 0 aliphatic carbocycles. The molecule has 1 aromatic heterocycles. The molecule has 0 spiro atoms. The Morgan fingerprint density at radius 2 is 2.07 bits per heavy atom. The fourth-order valence-corrected chi connectivity index (χ4v) is 1.95. The lowest BCUT2D eigenvalue weighted by molar-refractivity contribution is 1.15. The fraction of sp³-hybridized carbons (Fsp3) is 0.250. The highest BCUT2D eigenvalue weighted by Gasteiger charge is 2.06. The molecule has 0 bridgehead atoms. The van der Waals surface area contributed by atoms with E-state index in [-0.39, 0.29) is 0 Å². The maximum Gasteiger partial charge on any atom is 0.171 e. The number of nitrogens with zero attached hydrogens (tertiary/aromatic N) is 1. The monoisotopic (exact) mass is 337 g/mol. The number of hydrogen-bond acceptors (Lipinski definition) is 2. The van der Waals surface area contributed by atoms with E-state index in [0.29, 0.717) is 10.9 Å². The maximum atomic E-state index is 4.98. The van der Waals surface area contributed by atoms with Gasteiger partial charge in [-0.1, -0.05) is 0 Å². The molecule has 2 N–H and O–H groups in total. The van der Waals surface area contributed by atoms with Crippen molar-refractivity contribution < 1.29 is 0 Å². The van der Waals surface area contributed by atoms with Crippen molar-refractivity contribution in [3.63, 3.8) is 0 Å². The quantitative estimate of drug-likeness (QED) is 0.772. The summed E-state index contributed by atoms with van der Waals surface area (Å²) in [5.41, 5.74) is 0.912. The van der Waals surface area contributed by atoms with Gasteiger partial charge in [0.15, 0.2) is 5.11 Å². The number of pyridine rings is 1. The molecule has 1 rings (SSSR count). The van der Waals surface area contributed by atoms with Crippen molar-refractivity contribution in [3.05, 3.63) is 20.7 Å². The van der Waals surface area contributed by atoms with Crippen LogP contribution in [0, 0.1) is 6.92 Å². The van der Waals surface area contributed by atoms with Gasteiger partial charge in [0, 0.05) is 11.5 Å². The number of aryl methyl sites for hydroxylation is 1. The molecule has 76 valence electrons. The first-order chi connectivity index (χ1) is 6.54. The van der Waals surface area contributed by atoms with Crippen LogP contribution in [-0.2, 0) is 0 Å². The highest BCUT2D eigenvalue weighted by atomic mass is 79.9. The SMILES string of the molecule is CNC(=S)Nc1nc(C)c(Br)cc1Br. The molecule has 0 radical (unpaired) electrons. The number of aromatic nitrogens is 1. The van der Waals surface area contributed by atoms with Crippen molar-refractivity contribution in [2.45, 2.75) is 6.92 Å². The molecule has 0 aromatic carbocycles. The molecule has 0 fully saturated rings. The van der Waals surface area contributed by atoms with E-state index in [9.17, 15) is 0 Å². The minimum atomic E-state index is 0.542. The molecular weight excluding hydrogens is 330 g/mol. The lowest BCUT2D eigenvalue weighted by Gasteiger charge is -2.09. The Kier molecular flexibility index (Phi) is 4.28. The van der Waals surface area contributed by atoms with Crippen LogP contribution in [0.2, 0.25) is 0 Å². The molecule has 6 heteroatoms. The summed E-state index contributed by atoms with van der Waals surface area (Å²) in [4.78, 5) is 4.33. The average molecular weight is 339 g/mol. The first kappa shape index (κ1) is 11.9. The van der Waals surface area contributed by atoms with E-state index in [1.807, 2.05) is 13.0 Å². The molecule has 0 saturated heterocycles. The zero-order valence-corrected chi connectivity index (χ0v) is 11.7. The van der Waals surface area contributed by atoms with Gasteiger partial charge in [0.1, 0.15) is 5.82 Å². The van der Waals surface area contributed by atoms with Gasteiger partial charge in [0.05, 0.1) is 10.2 Å². The Hall–Kier alpha value is -0.200. The molecule has 0 saturated carbocycles. The highest BCUT2D eigenvalue weighted by Crippen LogP contribution is 2.26. The van der Waals surface area contributed by atoms with Crippen LogP contribution in [0.15, 0.2) is 15.0 Å². The molecular formula is C8H9Br2N3S. The van der Waals surface area contributed by atoms with Crippen LogP contribution >= 0.6 is 44.1 Å². The van der Waals surface area contributed by atoms with Crippen molar-refractivity contribution in [2.24, 2.45) is 0 Å². The summed E-state index contributed by atoms with van der Waals surface area (Å²) in [6.07, 6.45) is 0. The predicted octanol–water partition coefficient (Wildman–Crippen LogP) is 2.83. The van der Waals surface area contributed by atoms with Gasteiger partial charge in [0.2, 0.25) is 0 Å². The van der Waals surface area contributed by atoms with Crippen LogP contribution in [0.5, 0.6) is 0 Å². The predicted molar refractivity (Wildman–Crippen MR) is 69.7 cm³/mol. The van der Waals surface area contributed by atoms with Crippen molar-refractivity contribution in [1.29, 1.82) is 0 Å². The van der Waals surface area contributed by atoms with E-state index in [4.69, 9.17) is 12.2 Å². The minimum absolute atomic E-state index is 0.542. The number of anilines is 1. The van der Waals surface area contributed by atoms with E-state index >= 15 is 0 Å². The van der Waals surface area contributed by atoms with Gasteiger partial charge >= 0.3 is 0 Å². The number of thiocarbonyl (C=S) groups is 1. The van der Waals surface area contributed by atoms with Gasteiger partial charge < -0.3 is 10.6 Å². The summed E-state index contributed by atoms with van der Waals surface area (Å²) < 4.78 is 1.83. The first-order valence-corrected chi connectivity index (χ1v) is 5.85. The zero-order chi connectivity index (χ0) is 10.7. The summed E-state index contributed by atoms with van der Waals surface area (Å²) in [7, 11) is 1.76. The van der Waals surface area contributed by atoms with Crippen LogP contribution in [-0.4, -0.2) is 17.1 Å². The van der Waals surface area contributed by atoms with Gasteiger partial charge in [-0.2, -0.15) is 0 Å². The van der Waals surface area contributed by atoms with E-state index in [0.717, 1.165) is 14.6 Å². The number of halogens is 2. The second-order valence-electron chi connectivity index (χ2n) is 2.59. The summed E-state index contributed by atoms with van der Waals surface area (Å²) >= 11 is 11.8. The average Bonchev–Trinajstić information content (AvgIpc) is 2.14. The Morgan fingerprint density at radius 1 is 1.43 bits per heavy atom. The third kappa shape index (κ3) is 2.90. The lowest BCUT2D eigenvalue weighted by Crippen LogP contribution is -2.25. The van der Waals surface area contributed by atoms with Gasteiger partial charge in [-0.25, -0.2) is 4.98 Å². The third-order valence-electron chi connectivity index (χ3n) is 1.56. The largest absolute Gasteiger partial charge is 0.365 e. The Balaban J connectivity index is 2.98.